The van der Waals surface area contributed by atoms with Crippen LogP contribution in [0.2, 0.25) is 0 Å². The minimum absolute atomic E-state index is 0.0682. The maximum absolute atomic E-state index is 11.5. The molecule has 1 atom stereocenters. The largest absolute Gasteiger partial charge is 0.492 e. The average molecular weight is 380 g/mol. The molecule has 0 saturated carbocycles. The summed E-state index contributed by atoms with van der Waals surface area (Å²) in [6, 6.07) is 16.1. The van der Waals surface area contributed by atoms with Gasteiger partial charge < -0.3 is 14.6 Å². The normalized spacial score (nSPS) is 12.8. The van der Waals surface area contributed by atoms with Crippen molar-refractivity contribution in [3.8, 4) is 5.75 Å². The van der Waals surface area contributed by atoms with Gasteiger partial charge in [-0.05, 0) is 42.2 Å². The van der Waals surface area contributed by atoms with Crippen LogP contribution in [0.25, 0.3) is 11.0 Å². The number of carbonyl (C=O) groups is 1. The number of nitrogens with one attached hydrogen (secondary N) is 1. The van der Waals surface area contributed by atoms with E-state index < -0.39 is 0 Å². The quantitative estimate of drug-likeness (QED) is 0.680. The van der Waals surface area contributed by atoms with E-state index >= 15 is 0 Å². The second-order valence-electron chi connectivity index (χ2n) is 8.16. The molecule has 0 aliphatic heterocycles. The van der Waals surface area contributed by atoms with Crippen molar-refractivity contribution in [2.75, 3.05) is 6.61 Å². The summed E-state index contributed by atoms with van der Waals surface area (Å²) in [5.74, 6) is 1.62. The van der Waals surface area contributed by atoms with E-state index in [0.717, 1.165) is 22.6 Å². The number of aromatic nitrogens is 2. The van der Waals surface area contributed by atoms with E-state index in [1.807, 2.05) is 43.3 Å². The molecule has 5 heteroatoms. The van der Waals surface area contributed by atoms with E-state index in [-0.39, 0.29) is 17.4 Å². The molecule has 0 fully saturated rings. The van der Waals surface area contributed by atoms with Gasteiger partial charge in [0.05, 0.1) is 23.6 Å². The molecular formula is C23H29N3O2. The molecule has 0 aliphatic rings. The summed E-state index contributed by atoms with van der Waals surface area (Å²) in [5, 5.41) is 2.93. The molecule has 3 rings (SSSR count). The fourth-order valence-corrected chi connectivity index (χ4v) is 3.34. The van der Waals surface area contributed by atoms with E-state index in [0.29, 0.717) is 13.2 Å². The topological polar surface area (TPSA) is 56.2 Å². The number of amides is 1. The number of carbonyl (C=O) groups excluding carboxylic acids is 1. The molecule has 3 aromatic rings. The molecule has 0 bridgehead atoms. The van der Waals surface area contributed by atoms with Gasteiger partial charge in [-0.25, -0.2) is 4.98 Å². The lowest BCUT2D eigenvalue weighted by Gasteiger charge is -2.19. The van der Waals surface area contributed by atoms with Crippen molar-refractivity contribution < 1.29 is 9.53 Å². The van der Waals surface area contributed by atoms with Crippen LogP contribution < -0.4 is 10.1 Å². The summed E-state index contributed by atoms with van der Waals surface area (Å²) >= 11 is 0. The number of fused-ring (bicyclic) bond motifs is 1. The molecule has 2 aromatic carbocycles. The van der Waals surface area contributed by atoms with Crippen molar-refractivity contribution in [3.63, 3.8) is 0 Å². The lowest BCUT2D eigenvalue weighted by molar-refractivity contribution is -0.119. The molecule has 148 valence electrons. The molecule has 0 aliphatic carbocycles. The Kier molecular flexibility index (Phi) is 5.73. The Bertz CT molecular complexity index is 952. The number of imidazole rings is 1. The summed E-state index contributed by atoms with van der Waals surface area (Å²) < 4.78 is 8.10. The highest BCUT2D eigenvalue weighted by Crippen LogP contribution is 2.25. The van der Waals surface area contributed by atoms with Crippen LogP contribution >= 0.6 is 0 Å². The van der Waals surface area contributed by atoms with Crippen LogP contribution in [-0.4, -0.2) is 22.1 Å². The molecule has 5 nitrogen and oxygen atoms in total. The Labute approximate surface area is 166 Å². The summed E-state index contributed by atoms with van der Waals surface area (Å²) in [5.41, 5.74) is 3.38. The molecule has 28 heavy (non-hydrogen) atoms. The number of nitrogens with zero attached hydrogens (tertiary/aromatic N) is 2. The third kappa shape index (κ3) is 4.53. The van der Waals surface area contributed by atoms with Crippen molar-refractivity contribution in [1.82, 2.24) is 14.9 Å². The lowest BCUT2D eigenvalue weighted by Crippen LogP contribution is -2.27. The molecule has 1 N–H and O–H groups in total. The first kappa shape index (κ1) is 19.9. The Morgan fingerprint density at radius 2 is 1.82 bits per heavy atom. The smallest absolute Gasteiger partial charge is 0.217 e. The highest BCUT2D eigenvalue weighted by Gasteiger charge is 2.17. The predicted octanol–water partition coefficient (Wildman–Crippen LogP) is 4.61. The van der Waals surface area contributed by atoms with E-state index in [4.69, 9.17) is 9.72 Å². The number of benzene rings is 2. The molecule has 1 unspecified atom stereocenters. The van der Waals surface area contributed by atoms with Crippen LogP contribution in [-0.2, 0) is 16.8 Å². The fraction of sp³-hybridized carbons (Fsp3) is 0.391. The van der Waals surface area contributed by atoms with Crippen LogP contribution in [0.1, 0.15) is 52.0 Å². The van der Waals surface area contributed by atoms with Crippen molar-refractivity contribution in [2.45, 2.75) is 52.6 Å². The first-order valence-electron chi connectivity index (χ1n) is 9.71. The third-order valence-electron chi connectivity index (χ3n) is 4.80. The number of hydrogen-bond acceptors (Lipinski definition) is 3. The van der Waals surface area contributed by atoms with E-state index in [1.165, 1.54) is 12.5 Å². The highest BCUT2D eigenvalue weighted by atomic mass is 16.5. The standard InChI is InChI=1S/C23H29N3O2/c1-16(24-17(2)27)22-25-20-8-6-7-9-21(20)26(22)14-15-28-19-12-10-18(11-13-19)23(3,4)5/h6-13,16H,14-15H2,1-5H3,(H,24,27). The fourth-order valence-electron chi connectivity index (χ4n) is 3.34. The van der Waals surface area contributed by atoms with Crippen molar-refractivity contribution in [2.24, 2.45) is 0 Å². The van der Waals surface area contributed by atoms with Gasteiger partial charge in [-0.1, -0.05) is 45.0 Å². The van der Waals surface area contributed by atoms with Gasteiger partial charge in [-0.2, -0.15) is 0 Å². The van der Waals surface area contributed by atoms with Gasteiger partial charge in [0.2, 0.25) is 5.91 Å². The van der Waals surface area contributed by atoms with E-state index in [9.17, 15) is 4.79 Å². The Balaban J connectivity index is 1.75. The van der Waals surface area contributed by atoms with Gasteiger partial charge in [0.1, 0.15) is 18.2 Å². The van der Waals surface area contributed by atoms with E-state index in [2.05, 4.69) is 42.8 Å². The number of ether oxygens (including phenoxy) is 1. The zero-order valence-corrected chi connectivity index (χ0v) is 17.3. The SMILES string of the molecule is CC(=O)NC(C)c1nc2ccccc2n1CCOc1ccc(C(C)(C)C)cc1. The molecule has 0 radical (unpaired) electrons. The second-order valence-corrected chi connectivity index (χ2v) is 8.16. The summed E-state index contributed by atoms with van der Waals surface area (Å²) in [4.78, 5) is 16.2. The van der Waals surface area contributed by atoms with Crippen LogP contribution in [0, 0.1) is 0 Å². The molecule has 1 aromatic heterocycles. The van der Waals surface area contributed by atoms with Gasteiger partial charge in [-0.15, -0.1) is 0 Å². The maximum Gasteiger partial charge on any atom is 0.217 e. The van der Waals surface area contributed by atoms with E-state index in [1.54, 1.807) is 0 Å². The molecule has 1 heterocycles. The molecule has 0 saturated heterocycles. The minimum atomic E-state index is -0.170. The molecular weight excluding hydrogens is 350 g/mol. The lowest BCUT2D eigenvalue weighted by atomic mass is 9.87. The first-order valence-corrected chi connectivity index (χ1v) is 9.71. The van der Waals surface area contributed by atoms with Crippen LogP contribution in [0.3, 0.4) is 0 Å². The Morgan fingerprint density at radius 3 is 2.46 bits per heavy atom. The first-order chi connectivity index (χ1) is 13.3. The monoisotopic (exact) mass is 379 g/mol. The van der Waals surface area contributed by atoms with Gasteiger partial charge in [0.15, 0.2) is 0 Å². The number of para-hydroxylation sites is 2. The van der Waals surface area contributed by atoms with Gasteiger partial charge >= 0.3 is 0 Å². The van der Waals surface area contributed by atoms with Crippen LogP contribution in [0.4, 0.5) is 0 Å². The van der Waals surface area contributed by atoms with Gasteiger partial charge in [-0.3, -0.25) is 4.79 Å². The highest BCUT2D eigenvalue weighted by molar-refractivity contribution is 5.77. The molecule has 0 spiro atoms. The summed E-state index contributed by atoms with van der Waals surface area (Å²) in [6.45, 7) is 11.2. The Hall–Kier alpha value is -2.82. The van der Waals surface area contributed by atoms with Crippen molar-refractivity contribution in [3.05, 3.63) is 59.9 Å². The maximum atomic E-state index is 11.5. The summed E-state index contributed by atoms with van der Waals surface area (Å²) in [7, 11) is 0. The van der Waals surface area contributed by atoms with Crippen LogP contribution in [0.5, 0.6) is 5.75 Å². The second kappa shape index (κ2) is 8.05. The van der Waals surface area contributed by atoms with Crippen molar-refractivity contribution in [1.29, 1.82) is 0 Å². The zero-order valence-electron chi connectivity index (χ0n) is 17.3. The molecule has 1 amide bonds. The van der Waals surface area contributed by atoms with Crippen molar-refractivity contribution >= 4 is 16.9 Å². The average Bonchev–Trinajstić information content (AvgIpc) is 3.00. The minimum Gasteiger partial charge on any atom is -0.492 e. The van der Waals surface area contributed by atoms with Gasteiger partial charge in [0.25, 0.3) is 0 Å². The summed E-state index contributed by atoms with van der Waals surface area (Å²) in [6.07, 6.45) is 0. The van der Waals surface area contributed by atoms with Gasteiger partial charge in [0, 0.05) is 6.92 Å². The Morgan fingerprint density at radius 1 is 1.14 bits per heavy atom. The number of hydrogen-bond donors (Lipinski definition) is 1. The zero-order chi connectivity index (χ0) is 20.3. The third-order valence-corrected chi connectivity index (χ3v) is 4.80. The van der Waals surface area contributed by atoms with Crippen LogP contribution in [0.15, 0.2) is 48.5 Å². The number of rotatable bonds is 6. The predicted molar refractivity (Wildman–Crippen MR) is 113 cm³/mol.